The maximum Gasteiger partial charge on any atom is 0.380 e. The van der Waals surface area contributed by atoms with Crippen molar-refractivity contribution >= 4 is 50.4 Å². The van der Waals surface area contributed by atoms with Crippen molar-refractivity contribution in [1.29, 1.82) is 0 Å². The number of allylic oxidation sites excluding steroid dienone is 2. The molecule has 0 spiro atoms. The van der Waals surface area contributed by atoms with Crippen LogP contribution in [0.4, 0.5) is 0 Å². The predicted molar refractivity (Wildman–Crippen MR) is 288 cm³/mol. The molecule has 5 rings (SSSR count). The molecule has 388 valence electrons. The number of esters is 1. The zero-order valence-corrected chi connectivity index (χ0v) is 46.6. The van der Waals surface area contributed by atoms with Crippen molar-refractivity contribution in [2.45, 2.75) is 199 Å². The standard InChI is InChI=1S/C55H82BO11PS2/c1-37-27-44(64-47(28-37)33-55(11)54(9,10)50(63-39(3)57)31-45(66-55)29-46(67-56(68)69)32-51(58)70-52(4,5)6)25-26-53(7,8)49-20-16-19-43(65-49)30-48(61-35-41-21-23-42(59-12)24-22-41)38(2)62-36-60-34-40-17-14-13-15-18-40/h13-15,17-18,20-26,38,43-48,50,69H,1,16,19,27-36,68H2,2-12H3/b26-25+/t38-,43+,44+,45-,46-,47+,48-,50+,55?/m1/s1. The first-order valence-electron chi connectivity index (χ1n) is 25.0. The molecule has 15 heteroatoms. The lowest BCUT2D eigenvalue weighted by molar-refractivity contribution is -0.252. The molecule has 0 bridgehead atoms. The Morgan fingerprint density at radius 3 is 2.33 bits per heavy atom. The normalized spacial score (nSPS) is 25.4. The van der Waals surface area contributed by atoms with Gasteiger partial charge >= 0.3 is 11.9 Å². The molecule has 0 N–H and O–H groups in total. The molecule has 2 aromatic rings. The Bertz CT molecular complexity index is 2040. The minimum atomic E-state index is -0.772. The van der Waals surface area contributed by atoms with Gasteiger partial charge in [-0.05, 0) is 89.1 Å². The minimum absolute atomic E-state index is 0.0475. The lowest BCUT2D eigenvalue weighted by atomic mass is 9.65. The SMILES string of the molecule is C=C1C[C@@H](CC2(C)O[C@H](C[C@H](CC(=O)SC(C)(C)C)OB(P)S)C[C@H](OC(C)=O)C2(C)C)O[C@@H](/C=C/C(C)(C)C2=CCC[C@@H](C[C@@H](OCc3ccc(OC)cc3)[C@@H](C)OCOCc3ccccc3)O2)C1. The fraction of sp³-hybridized carbons (Fsp3) is 0.636. The van der Waals surface area contributed by atoms with Gasteiger partial charge in [-0.25, -0.2) is 0 Å². The van der Waals surface area contributed by atoms with Crippen molar-refractivity contribution in [2.24, 2.45) is 10.8 Å². The Hall–Kier alpha value is -2.65. The second-order valence-corrected chi connectivity index (χ2v) is 25.1. The van der Waals surface area contributed by atoms with Gasteiger partial charge in [0.2, 0.25) is 0 Å². The summed E-state index contributed by atoms with van der Waals surface area (Å²) >= 11 is 5.79. The van der Waals surface area contributed by atoms with Gasteiger partial charge < -0.3 is 42.5 Å². The number of thiol groups is 1. The third-order valence-electron chi connectivity index (χ3n) is 13.7. The van der Waals surface area contributed by atoms with Gasteiger partial charge in [0, 0.05) is 48.2 Å². The van der Waals surface area contributed by atoms with E-state index in [1.165, 1.54) is 18.7 Å². The van der Waals surface area contributed by atoms with E-state index < -0.39 is 34.6 Å². The van der Waals surface area contributed by atoms with Crippen LogP contribution in [0.15, 0.2) is 90.7 Å². The summed E-state index contributed by atoms with van der Waals surface area (Å²) in [6.45, 7) is 25.7. The van der Waals surface area contributed by atoms with Crippen LogP contribution in [0, 0.1) is 10.8 Å². The zero-order valence-electron chi connectivity index (χ0n) is 43.7. The van der Waals surface area contributed by atoms with Crippen LogP contribution in [0.2, 0.25) is 0 Å². The molecule has 2 aromatic carbocycles. The topological polar surface area (TPSA) is 117 Å². The van der Waals surface area contributed by atoms with E-state index in [0.717, 1.165) is 41.1 Å². The van der Waals surface area contributed by atoms with E-state index in [1.807, 2.05) is 82.3 Å². The molecular formula is C55H82BO11PS2. The van der Waals surface area contributed by atoms with Gasteiger partial charge in [0.05, 0.1) is 62.5 Å². The number of ether oxygens (including phenoxy) is 8. The summed E-state index contributed by atoms with van der Waals surface area (Å²) < 4.78 is 56.9. The Labute approximate surface area is 432 Å². The Balaban J connectivity index is 1.24. The average molecular weight is 1030 g/mol. The van der Waals surface area contributed by atoms with E-state index in [-0.39, 0.29) is 65.7 Å². The summed E-state index contributed by atoms with van der Waals surface area (Å²) in [5, 5.41) is 0.0475. The molecule has 3 heterocycles. The molecule has 2 fully saturated rings. The van der Waals surface area contributed by atoms with E-state index in [0.29, 0.717) is 51.7 Å². The number of carbonyl (C=O) groups is 2. The average Bonchev–Trinajstić information content (AvgIpc) is 3.27. The smallest absolute Gasteiger partial charge is 0.380 e. The Kier molecular flexibility index (Phi) is 22.1. The number of methoxy groups -OCH3 is 1. The monoisotopic (exact) mass is 1020 g/mol. The van der Waals surface area contributed by atoms with E-state index >= 15 is 0 Å². The number of carbonyl (C=O) groups excluding carboxylic acids is 2. The van der Waals surface area contributed by atoms with E-state index in [2.05, 4.69) is 81.0 Å². The molecule has 0 aliphatic carbocycles. The zero-order chi connectivity index (χ0) is 51.3. The molecule has 0 aromatic heterocycles. The molecule has 11 nitrogen and oxygen atoms in total. The van der Waals surface area contributed by atoms with E-state index in [4.69, 9.17) is 42.5 Å². The third kappa shape index (κ3) is 18.4. The summed E-state index contributed by atoms with van der Waals surface area (Å²) in [5.74, 6) is 0.916. The highest BCUT2D eigenvalue weighted by atomic mass is 32.2. The number of rotatable bonds is 24. The first kappa shape index (κ1) is 58.2. The summed E-state index contributed by atoms with van der Waals surface area (Å²) in [5.41, 5.74) is 1.46. The second-order valence-electron chi connectivity index (χ2n) is 21.6. The van der Waals surface area contributed by atoms with Crippen LogP contribution in [0.5, 0.6) is 5.75 Å². The van der Waals surface area contributed by atoms with Crippen molar-refractivity contribution in [3.05, 3.63) is 102 Å². The molecule has 3 aliphatic heterocycles. The van der Waals surface area contributed by atoms with Gasteiger partial charge in [-0.3, -0.25) is 9.59 Å². The highest BCUT2D eigenvalue weighted by molar-refractivity contribution is 8.23. The second kappa shape index (κ2) is 26.5. The van der Waals surface area contributed by atoms with Crippen LogP contribution >= 0.6 is 33.4 Å². The first-order valence-corrected chi connectivity index (χ1v) is 27.0. The summed E-state index contributed by atoms with van der Waals surface area (Å²) in [4.78, 5) is 25.7. The molecule has 0 saturated carbocycles. The maximum absolute atomic E-state index is 13.2. The van der Waals surface area contributed by atoms with Gasteiger partial charge in [0.25, 0.3) is 0 Å². The molecule has 2 saturated heterocycles. The highest BCUT2D eigenvalue weighted by Gasteiger charge is 2.56. The summed E-state index contributed by atoms with van der Waals surface area (Å²) in [6, 6.07) is 18.0. The molecule has 0 amide bonds. The molecular weight excluding hydrogens is 943 g/mol. The summed E-state index contributed by atoms with van der Waals surface area (Å²) in [6.07, 6.45) is 9.78. The van der Waals surface area contributed by atoms with Crippen LogP contribution in [0.3, 0.4) is 0 Å². The van der Waals surface area contributed by atoms with Gasteiger partial charge in [0.1, 0.15) is 30.5 Å². The summed E-state index contributed by atoms with van der Waals surface area (Å²) in [7, 11) is 4.20. The lowest BCUT2D eigenvalue weighted by Gasteiger charge is -2.55. The van der Waals surface area contributed by atoms with Gasteiger partial charge in [-0.2, -0.15) is 12.5 Å². The van der Waals surface area contributed by atoms with Crippen molar-refractivity contribution in [1.82, 2.24) is 0 Å². The Morgan fingerprint density at radius 1 is 0.971 bits per heavy atom. The van der Waals surface area contributed by atoms with Gasteiger partial charge in [-0.15, -0.1) is 9.12 Å². The third-order valence-corrected chi connectivity index (χ3v) is 15.0. The highest BCUT2D eigenvalue weighted by Crippen LogP contribution is 2.50. The van der Waals surface area contributed by atoms with Crippen molar-refractivity contribution in [3.63, 3.8) is 0 Å². The number of thioether (sulfide) groups is 1. The van der Waals surface area contributed by atoms with Crippen LogP contribution in [0.25, 0.3) is 0 Å². The van der Waals surface area contributed by atoms with Gasteiger partial charge in [0.15, 0.2) is 5.12 Å². The Morgan fingerprint density at radius 2 is 1.67 bits per heavy atom. The first-order chi connectivity index (χ1) is 32.9. The largest absolute Gasteiger partial charge is 0.497 e. The number of benzene rings is 2. The van der Waals surface area contributed by atoms with Crippen LogP contribution in [-0.4, -0.2) is 90.1 Å². The molecule has 0 radical (unpaired) electrons. The van der Waals surface area contributed by atoms with Crippen LogP contribution < -0.4 is 4.74 Å². The van der Waals surface area contributed by atoms with Gasteiger partial charge in [-0.1, -0.05) is 113 Å². The van der Waals surface area contributed by atoms with E-state index in [1.54, 1.807) is 7.11 Å². The quantitative estimate of drug-likeness (QED) is 0.0205. The lowest BCUT2D eigenvalue weighted by Crippen LogP contribution is -2.61. The van der Waals surface area contributed by atoms with Crippen molar-refractivity contribution in [2.75, 3.05) is 13.9 Å². The number of hydrogen-bond acceptors (Lipinski definition) is 13. The van der Waals surface area contributed by atoms with Crippen LogP contribution in [-0.2, 0) is 60.6 Å². The maximum atomic E-state index is 13.2. The van der Waals surface area contributed by atoms with Crippen molar-refractivity contribution in [3.8, 4) is 5.75 Å². The molecule has 2 unspecified atom stereocenters. The molecule has 10 atom stereocenters. The minimum Gasteiger partial charge on any atom is -0.497 e. The van der Waals surface area contributed by atoms with Crippen molar-refractivity contribution < 1.29 is 52.1 Å². The fourth-order valence-corrected chi connectivity index (χ4v) is 10.9. The molecule has 70 heavy (non-hydrogen) atoms. The predicted octanol–water partition coefficient (Wildman–Crippen LogP) is 12.2. The molecule has 3 aliphatic rings. The van der Waals surface area contributed by atoms with Crippen LogP contribution in [0.1, 0.15) is 138 Å². The fourth-order valence-electron chi connectivity index (χ4n) is 9.51. The van der Waals surface area contributed by atoms with E-state index in [9.17, 15) is 9.59 Å². The number of hydrogen-bond donors (Lipinski definition) is 1.